The molecule has 0 aromatic heterocycles. The van der Waals surface area contributed by atoms with Gasteiger partial charge in [0.1, 0.15) is 5.75 Å². The third kappa shape index (κ3) is 6.05. The molecule has 2 fully saturated rings. The van der Waals surface area contributed by atoms with E-state index < -0.39 is 18.4 Å². The molecule has 12 nitrogen and oxygen atoms in total. The lowest BCUT2D eigenvalue weighted by atomic mass is 10.1. The van der Waals surface area contributed by atoms with Crippen molar-refractivity contribution in [3.8, 4) is 17.2 Å². The van der Waals surface area contributed by atoms with Gasteiger partial charge < -0.3 is 33.9 Å². The predicted octanol–water partition coefficient (Wildman–Crippen LogP) is 4.79. The summed E-state index contributed by atoms with van der Waals surface area (Å²) in [5.41, 5.74) is 4.14. The van der Waals surface area contributed by atoms with E-state index in [-0.39, 0.29) is 23.5 Å². The lowest BCUT2D eigenvalue weighted by molar-refractivity contribution is 0.0502. The van der Waals surface area contributed by atoms with E-state index in [0.717, 1.165) is 40.9 Å². The van der Waals surface area contributed by atoms with Crippen LogP contribution in [0.2, 0.25) is 0 Å². The minimum Gasteiger partial charge on any atom is -0.493 e. The lowest BCUT2D eigenvalue weighted by Gasteiger charge is -2.31. The fourth-order valence-corrected chi connectivity index (χ4v) is 6.64. The number of anilines is 1. The number of rotatable bonds is 9. The summed E-state index contributed by atoms with van der Waals surface area (Å²) in [6, 6.07) is 6.06. The van der Waals surface area contributed by atoms with E-state index in [9.17, 15) is 19.5 Å². The van der Waals surface area contributed by atoms with Crippen molar-refractivity contribution in [2.45, 2.75) is 57.3 Å². The molecule has 2 aromatic carbocycles. The molecule has 4 heterocycles. The van der Waals surface area contributed by atoms with Crippen molar-refractivity contribution in [2.75, 3.05) is 45.4 Å². The van der Waals surface area contributed by atoms with Crippen LogP contribution in [-0.2, 0) is 4.74 Å². The summed E-state index contributed by atoms with van der Waals surface area (Å²) in [4.78, 5) is 48.6. The van der Waals surface area contributed by atoms with Crippen LogP contribution in [0.4, 0.5) is 16.2 Å². The molecule has 3 atom stereocenters. The molecule has 4 aliphatic heterocycles. The van der Waals surface area contributed by atoms with Crippen LogP contribution >= 0.6 is 0 Å². The van der Waals surface area contributed by atoms with E-state index in [2.05, 4.69) is 18.2 Å². The van der Waals surface area contributed by atoms with Gasteiger partial charge in [-0.1, -0.05) is 24.3 Å². The molecular weight excluding hydrogens is 604 g/mol. The molecule has 3 amide bonds. The first kappa shape index (κ1) is 32.1. The van der Waals surface area contributed by atoms with E-state index in [1.54, 1.807) is 47.4 Å². The Hall–Kier alpha value is -4.84. The van der Waals surface area contributed by atoms with E-state index in [0.29, 0.717) is 73.2 Å². The Balaban J connectivity index is 1.06. The number of aliphatic hydroxyl groups excluding tert-OH is 1. The second-order valence-corrected chi connectivity index (χ2v) is 12.4. The smallest absolute Gasteiger partial charge is 0.416 e. The highest BCUT2D eigenvalue weighted by atomic mass is 16.5. The molecule has 0 saturated carbocycles. The monoisotopic (exact) mass is 644 g/mol. The van der Waals surface area contributed by atoms with Gasteiger partial charge in [0.2, 0.25) is 0 Å². The topological polar surface area (TPSA) is 130 Å². The maximum absolute atomic E-state index is 13.5. The van der Waals surface area contributed by atoms with Gasteiger partial charge in [-0.3, -0.25) is 14.6 Å². The van der Waals surface area contributed by atoms with Crippen LogP contribution in [0.5, 0.6) is 17.2 Å². The van der Waals surface area contributed by atoms with E-state index in [4.69, 9.17) is 18.9 Å². The molecule has 248 valence electrons. The van der Waals surface area contributed by atoms with Gasteiger partial charge in [0.25, 0.3) is 11.8 Å². The first-order chi connectivity index (χ1) is 22.6. The summed E-state index contributed by atoms with van der Waals surface area (Å²) in [6.07, 6.45) is 3.11. The average Bonchev–Trinajstić information content (AvgIpc) is 3.59. The van der Waals surface area contributed by atoms with Crippen LogP contribution in [0, 0.1) is 6.92 Å². The summed E-state index contributed by atoms with van der Waals surface area (Å²) in [5, 5.41) is 11.2. The molecule has 0 bridgehead atoms. The van der Waals surface area contributed by atoms with Crippen molar-refractivity contribution < 1.29 is 38.4 Å². The number of carbonyl (C=O) groups is 3. The molecule has 0 spiro atoms. The Morgan fingerprint density at radius 1 is 0.894 bits per heavy atom. The zero-order valence-electron chi connectivity index (χ0n) is 27.0. The van der Waals surface area contributed by atoms with Crippen LogP contribution in [0.3, 0.4) is 0 Å². The van der Waals surface area contributed by atoms with Gasteiger partial charge in [-0.2, -0.15) is 0 Å². The SMILES string of the molecule is C=C1C[C@H]2C=Nc3cc(OCCCCCOc4cc5c(cc4C)C(=O)N4CC(=C)C[C@H]4[C@H](O)N5C(=O)OC)c(OC)cc3C(=O)N2C1. The van der Waals surface area contributed by atoms with Crippen molar-refractivity contribution in [1.29, 1.82) is 0 Å². The Bertz CT molecular complexity index is 1670. The number of methoxy groups -OCH3 is 2. The van der Waals surface area contributed by atoms with Crippen LogP contribution in [0.15, 0.2) is 53.6 Å². The molecule has 0 aliphatic carbocycles. The van der Waals surface area contributed by atoms with Gasteiger partial charge >= 0.3 is 6.09 Å². The molecular formula is C35H40N4O8. The van der Waals surface area contributed by atoms with E-state index in [1.165, 1.54) is 7.11 Å². The highest BCUT2D eigenvalue weighted by Crippen LogP contribution is 2.40. The molecule has 1 N–H and O–H groups in total. The Labute approximate surface area is 273 Å². The van der Waals surface area contributed by atoms with Crippen LogP contribution in [-0.4, -0.2) is 97.9 Å². The molecule has 4 aliphatic rings. The Morgan fingerprint density at radius 3 is 2.30 bits per heavy atom. The maximum Gasteiger partial charge on any atom is 0.416 e. The highest BCUT2D eigenvalue weighted by Gasteiger charge is 2.46. The molecule has 47 heavy (non-hydrogen) atoms. The van der Waals surface area contributed by atoms with Gasteiger partial charge in [-0.05, 0) is 56.7 Å². The van der Waals surface area contributed by atoms with Crippen molar-refractivity contribution in [1.82, 2.24) is 9.80 Å². The Kier molecular flexibility index (Phi) is 8.96. The second-order valence-electron chi connectivity index (χ2n) is 12.4. The zero-order valence-corrected chi connectivity index (χ0v) is 27.0. The number of nitrogens with zero attached hydrogens (tertiary/aromatic N) is 4. The number of benzene rings is 2. The fourth-order valence-electron chi connectivity index (χ4n) is 6.64. The molecule has 2 saturated heterocycles. The van der Waals surface area contributed by atoms with Gasteiger partial charge in [-0.15, -0.1) is 0 Å². The van der Waals surface area contributed by atoms with E-state index >= 15 is 0 Å². The quantitative estimate of drug-likeness (QED) is 0.305. The van der Waals surface area contributed by atoms with Crippen LogP contribution < -0.4 is 19.1 Å². The summed E-state index contributed by atoms with van der Waals surface area (Å²) >= 11 is 0. The van der Waals surface area contributed by atoms with E-state index in [1.807, 2.05) is 6.92 Å². The molecule has 0 radical (unpaired) electrons. The molecule has 2 aromatic rings. The minimum absolute atomic E-state index is 0.0889. The third-order valence-corrected chi connectivity index (χ3v) is 9.07. The Morgan fingerprint density at radius 2 is 1.57 bits per heavy atom. The number of carbonyl (C=O) groups excluding carboxylic acids is 3. The van der Waals surface area contributed by atoms with Gasteiger partial charge in [-0.25, -0.2) is 9.69 Å². The summed E-state index contributed by atoms with van der Waals surface area (Å²) in [6.45, 7) is 11.5. The van der Waals surface area contributed by atoms with Crippen molar-refractivity contribution in [3.05, 3.63) is 65.3 Å². The molecule has 12 heteroatoms. The highest BCUT2D eigenvalue weighted by molar-refractivity contribution is 6.06. The van der Waals surface area contributed by atoms with Crippen molar-refractivity contribution >= 4 is 35.5 Å². The number of aryl methyl sites for hydroxylation is 1. The van der Waals surface area contributed by atoms with Crippen molar-refractivity contribution in [2.24, 2.45) is 4.99 Å². The second kappa shape index (κ2) is 13.1. The predicted molar refractivity (Wildman–Crippen MR) is 175 cm³/mol. The number of aliphatic hydroxyl groups is 1. The minimum atomic E-state index is -1.30. The van der Waals surface area contributed by atoms with Crippen LogP contribution in [0.1, 0.15) is 58.4 Å². The maximum atomic E-state index is 13.5. The number of amides is 3. The number of unbranched alkanes of at least 4 members (excludes halogenated alkanes) is 2. The standard InChI is InChI=1S/C35H40N4O8/c1-20-11-23-17-36-26-15-31(30(44-4)14-24(26)32(40)37(23)18-20)47-10-8-6-7-9-46-29-16-27-25(13-22(29)3)33(41)38-19-21(2)12-28(38)34(42)39(27)35(43)45-5/h13-17,23,28,34,42H,1-2,6-12,18-19H2,3-5H3/t23-,28-,34-/m0/s1. The number of aliphatic imine (C=N–C) groups is 1. The number of hydrogen-bond acceptors (Lipinski definition) is 9. The zero-order chi connectivity index (χ0) is 33.4. The molecule has 6 rings (SSSR count). The first-order valence-electron chi connectivity index (χ1n) is 15.8. The third-order valence-electron chi connectivity index (χ3n) is 9.07. The molecule has 0 unspecified atom stereocenters. The summed E-state index contributed by atoms with van der Waals surface area (Å²) in [5.74, 6) is 1.13. The summed E-state index contributed by atoms with van der Waals surface area (Å²) < 4.78 is 22.7. The van der Waals surface area contributed by atoms with Gasteiger partial charge in [0.15, 0.2) is 17.7 Å². The number of ether oxygens (including phenoxy) is 4. The van der Waals surface area contributed by atoms with Gasteiger partial charge in [0, 0.05) is 31.4 Å². The van der Waals surface area contributed by atoms with Crippen molar-refractivity contribution in [3.63, 3.8) is 0 Å². The average molecular weight is 645 g/mol. The summed E-state index contributed by atoms with van der Waals surface area (Å²) in [7, 11) is 2.78. The number of fused-ring (bicyclic) bond motifs is 4. The largest absolute Gasteiger partial charge is 0.493 e. The first-order valence-corrected chi connectivity index (χ1v) is 15.8. The van der Waals surface area contributed by atoms with Gasteiger partial charge in [0.05, 0.1) is 62.0 Å². The number of hydrogen-bond donors (Lipinski definition) is 1. The normalized spacial score (nSPS) is 21.5. The van der Waals surface area contributed by atoms with Crippen LogP contribution in [0.25, 0.3) is 0 Å². The lowest BCUT2D eigenvalue weighted by Crippen LogP contribution is -2.50. The fraction of sp³-hybridized carbons (Fsp3) is 0.429.